The highest BCUT2D eigenvalue weighted by Gasteiger charge is 2.33. The van der Waals surface area contributed by atoms with E-state index < -0.39 is 10.0 Å². The molecule has 0 saturated carbocycles. The lowest BCUT2D eigenvalue weighted by molar-refractivity contribution is -0.151. The summed E-state index contributed by atoms with van der Waals surface area (Å²) in [4.78, 5) is 12.3. The summed E-state index contributed by atoms with van der Waals surface area (Å²) in [7, 11) is -3.46. The van der Waals surface area contributed by atoms with Crippen molar-refractivity contribution in [1.82, 2.24) is 4.31 Å². The molecule has 2 aromatic rings. The van der Waals surface area contributed by atoms with Crippen LogP contribution in [0.3, 0.4) is 0 Å². The van der Waals surface area contributed by atoms with Gasteiger partial charge in [-0.2, -0.15) is 4.31 Å². The summed E-state index contributed by atoms with van der Waals surface area (Å²) in [6, 6.07) is 8.30. The van der Waals surface area contributed by atoms with E-state index >= 15 is 0 Å². The van der Waals surface area contributed by atoms with E-state index in [0.717, 1.165) is 0 Å². The molecule has 0 N–H and O–H groups in total. The molecule has 0 radical (unpaired) electrons. The van der Waals surface area contributed by atoms with Gasteiger partial charge in [0, 0.05) is 28.7 Å². The Morgan fingerprint density at radius 2 is 1.96 bits per heavy atom. The van der Waals surface area contributed by atoms with Crippen molar-refractivity contribution in [3.63, 3.8) is 0 Å². The number of nitrogens with zero attached hydrogens (tertiary/aromatic N) is 1. The quantitative estimate of drug-likeness (QED) is 0.662. The minimum Gasteiger partial charge on any atom is -0.461 e. The monoisotopic (exact) mass is 433 g/mol. The van der Waals surface area contributed by atoms with Crippen LogP contribution in [0.15, 0.2) is 39.9 Å². The van der Waals surface area contributed by atoms with Gasteiger partial charge in [-0.3, -0.25) is 4.79 Å². The van der Waals surface area contributed by atoms with Crippen LogP contribution in [0.25, 0.3) is 0 Å². The molecular weight excluding hydrogens is 417 g/mol. The third-order valence-electron chi connectivity index (χ3n) is 4.26. The second-order valence-corrected chi connectivity index (χ2v) is 9.91. The highest BCUT2D eigenvalue weighted by atomic mass is 35.5. The van der Waals surface area contributed by atoms with Gasteiger partial charge in [0.15, 0.2) is 0 Å². The molecule has 1 fully saturated rings. The zero-order valence-electron chi connectivity index (χ0n) is 13.7. The molecule has 0 bridgehead atoms. The highest BCUT2D eigenvalue weighted by Crippen LogP contribution is 2.27. The first-order valence-electron chi connectivity index (χ1n) is 8.02. The summed E-state index contributed by atoms with van der Waals surface area (Å²) < 4.78 is 32.1. The van der Waals surface area contributed by atoms with Crippen molar-refractivity contribution >= 4 is 50.5 Å². The number of carbonyl (C=O) groups is 1. The number of thiophene rings is 1. The Kier molecular flexibility index (Phi) is 6.25. The van der Waals surface area contributed by atoms with Crippen molar-refractivity contribution in [3.8, 4) is 0 Å². The molecule has 140 valence electrons. The summed E-state index contributed by atoms with van der Waals surface area (Å²) in [5.41, 5.74) is 0.683. The molecule has 1 aromatic heterocycles. The smallest absolute Gasteiger partial charge is 0.309 e. The standard InChI is InChI=1S/C17H17Cl2NO4S2/c18-14-4-3-13(15(19)10-14)11-24-17(21)12-5-7-20(8-6-12)26(22,23)16-2-1-9-25-16/h1-4,9-10,12H,5-8,11H2. The average molecular weight is 434 g/mol. The van der Waals surface area contributed by atoms with Crippen LogP contribution in [-0.2, 0) is 26.2 Å². The van der Waals surface area contributed by atoms with Crippen LogP contribution in [0.2, 0.25) is 10.0 Å². The zero-order valence-corrected chi connectivity index (χ0v) is 16.9. The Morgan fingerprint density at radius 3 is 2.58 bits per heavy atom. The van der Waals surface area contributed by atoms with Crippen molar-refractivity contribution < 1.29 is 17.9 Å². The van der Waals surface area contributed by atoms with Gasteiger partial charge >= 0.3 is 5.97 Å². The van der Waals surface area contributed by atoms with Gasteiger partial charge in [0.2, 0.25) is 0 Å². The third-order valence-corrected chi connectivity index (χ3v) is 8.12. The molecule has 0 unspecified atom stereocenters. The van der Waals surface area contributed by atoms with Crippen molar-refractivity contribution in [3.05, 3.63) is 51.3 Å². The Labute approximate surface area is 166 Å². The number of esters is 1. The Hall–Kier alpha value is -1.12. The van der Waals surface area contributed by atoms with Gasteiger partial charge in [-0.05, 0) is 36.4 Å². The first kappa shape index (κ1) is 19.6. The number of benzene rings is 1. The van der Waals surface area contributed by atoms with Gasteiger partial charge in [0.25, 0.3) is 10.0 Å². The largest absolute Gasteiger partial charge is 0.461 e. The second kappa shape index (κ2) is 8.27. The number of sulfonamides is 1. The lowest BCUT2D eigenvalue weighted by Gasteiger charge is -2.29. The SMILES string of the molecule is O=C(OCc1ccc(Cl)cc1Cl)C1CCN(S(=O)(=O)c2cccs2)CC1. The van der Waals surface area contributed by atoms with E-state index in [0.29, 0.717) is 45.7 Å². The fourth-order valence-corrected chi connectivity index (χ4v) is 5.85. The van der Waals surface area contributed by atoms with Crippen molar-refractivity contribution in [1.29, 1.82) is 0 Å². The van der Waals surface area contributed by atoms with E-state index in [1.54, 1.807) is 35.7 Å². The molecule has 0 spiro atoms. The maximum absolute atomic E-state index is 12.5. The van der Waals surface area contributed by atoms with Crippen LogP contribution < -0.4 is 0 Å². The molecule has 0 amide bonds. The van der Waals surface area contributed by atoms with E-state index in [1.807, 2.05) is 0 Å². The topological polar surface area (TPSA) is 63.7 Å². The first-order valence-corrected chi connectivity index (χ1v) is 11.1. The molecule has 5 nitrogen and oxygen atoms in total. The first-order chi connectivity index (χ1) is 12.4. The van der Waals surface area contributed by atoms with Crippen molar-refractivity contribution in [2.75, 3.05) is 13.1 Å². The van der Waals surface area contributed by atoms with Gasteiger partial charge in [-0.25, -0.2) is 8.42 Å². The van der Waals surface area contributed by atoms with Crippen LogP contribution in [0.5, 0.6) is 0 Å². The summed E-state index contributed by atoms with van der Waals surface area (Å²) >= 11 is 13.1. The molecule has 9 heteroatoms. The van der Waals surface area contributed by atoms with Crippen LogP contribution in [-0.4, -0.2) is 31.8 Å². The van der Waals surface area contributed by atoms with Crippen LogP contribution >= 0.6 is 34.5 Å². The summed E-state index contributed by atoms with van der Waals surface area (Å²) in [6.07, 6.45) is 0.885. The van der Waals surface area contributed by atoms with E-state index in [9.17, 15) is 13.2 Å². The number of carbonyl (C=O) groups excluding carboxylic acids is 1. The number of halogens is 2. The minimum absolute atomic E-state index is 0.0720. The molecule has 1 aliphatic heterocycles. The molecule has 1 aromatic carbocycles. The maximum atomic E-state index is 12.5. The normalized spacial score (nSPS) is 16.5. The van der Waals surface area contributed by atoms with E-state index in [2.05, 4.69) is 0 Å². The van der Waals surface area contributed by atoms with Gasteiger partial charge in [-0.15, -0.1) is 11.3 Å². The molecule has 1 saturated heterocycles. The van der Waals surface area contributed by atoms with Crippen molar-refractivity contribution in [2.45, 2.75) is 23.7 Å². The number of ether oxygens (including phenoxy) is 1. The Balaban J connectivity index is 1.54. The summed E-state index contributed by atoms with van der Waals surface area (Å²) in [6.45, 7) is 0.686. The molecule has 0 atom stereocenters. The molecule has 26 heavy (non-hydrogen) atoms. The highest BCUT2D eigenvalue weighted by molar-refractivity contribution is 7.91. The van der Waals surface area contributed by atoms with Crippen LogP contribution in [0.1, 0.15) is 18.4 Å². The maximum Gasteiger partial charge on any atom is 0.309 e. The molecule has 1 aliphatic rings. The Bertz CT molecular complexity index is 876. The fourth-order valence-electron chi connectivity index (χ4n) is 2.77. The van der Waals surface area contributed by atoms with Gasteiger partial charge in [0.05, 0.1) is 5.92 Å². The van der Waals surface area contributed by atoms with Crippen LogP contribution in [0, 0.1) is 5.92 Å². The predicted octanol–water partition coefficient (Wildman–Crippen LogP) is 4.20. The Morgan fingerprint density at radius 1 is 1.23 bits per heavy atom. The molecule has 0 aliphatic carbocycles. The third kappa shape index (κ3) is 4.40. The fraction of sp³-hybridized carbons (Fsp3) is 0.353. The minimum atomic E-state index is -3.46. The average Bonchev–Trinajstić information content (AvgIpc) is 3.16. The zero-order chi connectivity index (χ0) is 18.7. The summed E-state index contributed by atoms with van der Waals surface area (Å²) in [5.74, 6) is -0.639. The molecule has 2 heterocycles. The summed E-state index contributed by atoms with van der Waals surface area (Å²) in [5, 5.41) is 2.70. The van der Waals surface area contributed by atoms with Gasteiger partial charge in [0.1, 0.15) is 10.8 Å². The lowest BCUT2D eigenvalue weighted by Crippen LogP contribution is -2.40. The molecule has 3 rings (SSSR count). The molecular formula is C17H17Cl2NO4S2. The number of hydrogen-bond acceptors (Lipinski definition) is 5. The van der Waals surface area contributed by atoms with Gasteiger partial charge in [-0.1, -0.05) is 35.3 Å². The van der Waals surface area contributed by atoms with E-state index in [1.165, 1.54) is 15.6 Å². The number of rotatable bonds is 5. The van der Waals surface area contributed by atoms with E-state index in [4.69, 9.17) is 27.9 Å². The second-order valence-electron chi connectivity index (χ2n) is 5.95. The van der Waals surface area contributed by atoms with Crippen LogP contribution in [0.4, 0.5) is 0 Å². The van der Waals surface area contributed by atoms with Crippen molar-refractivity contribution in [2.24, 2.45) is 5.92 Å². The number of piperidine rings is 1. The van der Waals surface area contributed by atoms with Gasteiger partial charge < -0.3 is 4.74 Å². The lowest BCUT2D eigenvalue weighted by atomic mass is 9.98. The van der Waals surface area contributed by atoms with E-state index in [-0.39, 0.29) is 18.5 Å². The predicted molar refractivity (Wildman–Crippen MR) is 102 cm³/mol. The number of hydrogen-bond donors (Lipinski definition) is 0.